The van der Waals surface area contributed by atoms with E-state index in [1.54, 1.807) is 36.1 Å². The van der Waals surface area contributed by atoms with Crippen LogP contribution in [0.4, 0.5) is 8.78 Å². The van der Waals surface area contributed by atoms with Crippen molar-refractivity contribution in [1.82, 2.24) is 13.4 Å². The second kappa shape index (κ2) is 6.89. The summed E-state index contributed by atoms with van der Waals surface area (Å²) >= 11 is 0. The number of hydrogen-bond acceptors (Lipinski definition) is 4. The molecule has 3 heterocycles. The molecule has 1 saturated carbocycles. The van der Waals surface area contributed by atoms with Gasteiger partial charge in [-0.3, -0.25) is 4.79 Å². The van der Waals surface area contributed by atoms with Gasteiger partial charge >= 0.3 is 0 Å². The third-order valence-electron chi connectivity index (χ3n) is 5.73. The van der Waals surface area contributed by atoms with E-state index in [0.29, 0.717) is 34.9 Å². The van der Waals surface area contributed by atoms with Crippen LogP contribution in [0.25, 0.3) is 16.6 Å². The number of alkyl halides is 2. The molecule has 7 nitrogen and oxygen atoms in total. The van der Waals surface area contributed by atoms with Crippen LogP contribution in [-0.2, 0) is 17.1 Å². The monoisotopic (exact) mass is 449 g/mol. The largest absolute Gasteiger partial charge is 0.491 e. The highest BCUT2D eigenvalue weighted by Crippen LogP contribution is 2.36. The van der Waals surface area contributed by atoms with Crippen LogP contribution >= 0.6 is 0 Å². The molecule has 1 aliphatic carbocycles. The lowest BCUT2D eigenvalue weighted by Crippen LogP contribution is -2.58. The van der Waals surface area contributed by atoms with E-state index in [9.17, 15) is 22.0 Å². The molecule has 1 aromatic carbocycles. The van der Waals surface area contributed by atoms with Gasteiger partial charge in [0.05, 0.1) is 30.3 Å². The van der Waals surface area contributed by atoms with E-state index < -0.39 is 29.0 Å². The van der Waals surface area contributed by atoms with Crippen LogP contribution in [0, 0.1) is 5.92 Å². The number of rotatable bonds is 6. The molecule has 10 heteroatoms. The highest BCUT2D eigenvalue weighted by atomic mass is 32.2. The van der Waals surface area contributed by atoms with Gasteiger partial charge in [-0.15, -0.1) is 0 Å². The fourth-order valence-corrected chi connectivity index (χ4v) is 5.20. The molecule has 0 amide bonds. The molecule has 0 unspecified atom stereocenters. The topological polar surface area (TPSA) is 73.5 Å². The molecular formula is C21H21F2N3O4S. The van der Waals surface area contributed by atoms with Gasteiger partial charge in [-0.1, -0.05) is 0 Å². The Kier molecular flexibility index (Phi) is 4.49. The molecule has 0 spiro atoms. The molecule has 2 aliphatic rings. The predicted octanol–water partition coefficient (Wildman–Crippen LogP) is 2.76. The van der Waals surface area contributed by atoms with E-state index >= 15 is 0 Å². The summed E-state index contributed by atoms with van der Waals surface area (Å²) < 4.78 is 62.0. The van der Waals surface area contributed by atoms with Gasteiger partial charge in [0, 0.05) is 24.8 Å². The summed E-state index contributed by atoms with van der Waals surface area (Å²) in [6, 6.07) is 7.84. The van der Waals surface area contributed by atoms with E-state index in [1.807, 2.05) is 0 Å². The lowest BCUT2D eigenvalue weighted by atomic mass is 10.2. The third kappa shape index (κ3) is 3.53. The van der Waals surface area contributed by atoms with Crippen molar-refractivity contribution in [2.24, 2.45) is 13.0 Å². The van der Waals surface area contributed by atoms with Crippen molar-refractivity contribution in [3.63, 3.8) is 0 Å². The van der Waals surface area contributed by atoms with Crippen molar-refractivity contribution in [2.45, 2.75) is 23.7 Å². The van der Waals surface area contributed by atoms with Gasteiger partial charge in [-0.2, -0.15) is 4.31 Å². The van der Waals surface area contributed by atoms with Crippen LogP contribution < -0.4 is 10.3 Å². The number of pyridine rings is 1. The Bertz CT molecular complexity index is 1330. The molecule has 5 rings (SSSR count). The Balaban J connectivity index is 1.63. The lowest BCUT2D eigenvalue weighted by molar-refractivity contribution is -0.0945. The smallest absolute Gasteiger partial charge is 0.275 e. The Morgan fingerprint density at radius 1 is 1.13 bits per heavy atom. The van der Waals surface area contributed by atoms with Crippen LogP contribution in [0.3, 0.4) is 0 Å². The van der Waals surface area contributed by atoms with Crippen LogP contribution in [0.1, 0.15) is 12.8 Å². The highest BCUT2D eigenvalue weighted by Gasteiger charge is 2.50. The van der Waals surface area contributed by atoms with Crippen molar-refractivity contribution in [3.05, 3.63) is 53.1 Å². The average molecular weight is 449 g/mol. The van der Waals surface area contributed by atoms with Gasteiger partial charge in [-0.25, -0.2) is 17.2 Å². The van der Waals surface area contributed by atoms with E-state index in [0.717, 1.165) is 17.1 Å². The quantitative estimate of drug-likeness (QED) is 0.580. The maximum atomic E-state index is 13.3. The fourth-order valence-electron chi connectivity index (χ4n) is 3.68. The van der Waals surface area contributed by atoms with Crippen molar-refractivity contribution in [3.8, 4) is 11.4 Å². The maximum Gasteiger partial charge on any atom is 0.275 e. The van der Waals surface area contributed by atoms with Crippen molar-refractivity contribution in [1.29, 1.82) is 0 Å². The van der Waals surface area contributed by atoms with Crippen molar-refractivity contribution >= 4 is 20.9 Å². The normalized spacial score (nSPS) is 18.8. The molecule has 31 heavy (non-hydrogen) atoms. The summed E-state index contributed by atoms with van der Waals surface area (Å²) in [7, 11) is -2.46. The van der Waals surface area contributed by atoms with E-state index in [4.69, 9.17) is 4.74 Å². The zero-order valence-electron chi connectivity index (χ0n) is 16.8. The van der Waals surface area contributed by atoms with Crippen molar-refractivity contribution < 1.29 is 21.9 Å². The number of aromatic nitrogens is 2. The summed E-state index contributed by atoms with van der Waals surface area (Å²) in [5.74, 6) is -2.11. The third-order valence-corrected chi connectivity index (χ3v) is 7.52. The second-order valence-corrected chi connectivity index (χ2v) is 10.2. The molecule has 0 radical (unpaired) electrons. The summed E-state index contributed by atoms with van der Waals surface area (Å²) in [6.07, 6.45) is 5.50. The summed E-state index contributed by atoms with van der Waals surface area (Å²) in [4.78, 5) is 12.7. The molecule has 164 valence electrons. The van der Waals surface area contributed by atoms with Gasteiger partial charge in [-0.05, 0) is 49.1 Å². The Labute approximate surface area is 177 Å². The summed E-state index contributed by atoms with van der Waals surface area (Å²) in [6.45, 7) is -1.18. The number of fused-ring (bicyclic) bond motifs is 1. The number of halogens is 2. The van der Waals surface area contributed by atoms with E-state index in [-0.39, 0.29) is 10.5 Å². The minimum absolute atomic E-state index is 0.119. The molecule has 1 aliphatic heterocycles. The first-order valence-electron chi connectivity index (χ1n) is 9.98. The van der Waals surface area contributed by atoms with Crippen LogP contribution in [0.2, 0.25) is 0 Å². The van der Waals surface area contributed by atoms with E-state index in [1.165, 1.54) is 22.8 Å². The van der Waals surface area contributed by atoms with Crippen LogP contribution in [0.15, 0.2) is 52.4 Å². The molecule has 3 aromatic rings. The standard InChI is InChI=1S/C21H21F2N3O4S/c1-24-8-6-15-7-9-26(19(15)20(24)27)17-10-16(4-5-18(17)30-11-14-2-3-14)31(28,29)25-12-21(22,23)13-25/h4-10,14H,2-3,11-13H2,1H3. The summed E-state index contributed by atoms with van der Waals surface area (Å²) in [5.41, 5.74) is 0.518. The minimum atomic E-state index is -4.09. The van der Waals surface area contributed by atoms with Crippen LogP contribution in [0.5, 0.6) is 5.75 Å². The molecule has 0 atom stereocenters. The first kappa shape index (κ1) is 20.2. The molecule has 0 bridgehead atoms. The SMILES string of the molecule is Cn1ccc2ccn(-c3cc(S(=O)(=O)N4CC(F)(F)C4)ccc3OCC3CC3)c2c1=O. The maximum absolute atomic E-state index is 13.3. The van der Waals surface area contributed by atoms with Gasteiger partial charge in [0.1, 0.15) is 11.3 Å². The van der Waals surface area contributed by atoms with Gasteiger partial charge in [0.2, 0.25) is 10.0 Å². The van der Waals surface area contributed by atoms with Gasteiger partial charge < -0.3 is 13.9 Å². The van der Waals surface area contributed by atoms with E-state index in [2.05, 4.69) is 0 Å². The second-order valence-electron chi connectivity index (χ2n) is 8.23. The van der Waals surface area contributed by atoms with Crippen LogP contribution in [-0.4, -0.2) is 47.5 Å². The first-order chi connectivity index (χ1) is 14.7. The first-order valence-corrected chi connectivity index (χ1v) is 11.4. The lowest BCUT2D eigenvalue weighted by Gasteiger charge is -2.37. The molecule has 2 aromatic heterocycles. The Morgan fingerprint density at radius 2 is 1.84 bits per heavy atom. The van der Waals surface area contributed by atoms with Crippen molar-refractivity contribution in [2.75, 3.05) is 19.7 Å². The molecule has 2 fully saturated rings. The van der Waals surface area contributed by atoms with Gasteiger partial charge in [0.15, 0.2) is 0 Å². The Hall–Kier alpha value is -2.72. The summed E-state index contributed by atoms with van der Waals surface area (Å²) in [5, 5.41) is 0.701. The Morgan fingerprint density at radius 3 is 2.52 bits per heavy atom. The zero-order valence-corrected chi connectivity index (χ0v) is 17.6. The minimum Gasteiger partial charge on any atom is -0.491 e. The number of hydrogen-bond donors (Lipinski definition) is 0. The average Bonchev–Trinajstić information content (AvgIpc) is 3.44. The van der Waals surface area contributed by atoms with Gasteiger partial charge in [0.25, 0.3) is 11.5 Å². The number of ether oxygens (including phenoxy) is 1. The zero-order chi connectivity index (χ0) is 22.0. The molecule has 1 saturated heterocycles. The number of aryl methyl sites for hydroxylation is 1. The predicted molar refractivity (Wildman–Crippen MR) is 110 cm³/mol. The molecular weight excluding hydrogens is 428 g/mol. The number of sulfonamides is 1. The molecule has 0 N–H and O–H groups in total. The fraction of sp³-hybridized carbons (Fsp3) is 0.381. The number of nitrogens with zero attached hydrogens (tertiary/aromatic N) is 3. The number of benzene rings is 1. The highest BCUT2D eigenvalue weighted by molar-refractivity contribution is 7.89.